The Morgan fingerprint density at radius 3 is 2.55 bits per heavy atom. The minimum absolute atomic E-state index is 0.0114. The zero-order valence-electron chi connectivity index (χ0n) is 36.6. The zero-order valence-corrected chi connectivity index (χ0v) is 37.5. The van der Waals surface area contributed by atoms with Crippen molar-refractivity contribution in [2.24, 2.45) is 22.9 Å². The second kappa shape index (κ2) is 25.3. The number of ether oxygens (including phenoxy) is 2. The molecular formula is C43H66N8O8S. The van der Waals surface area contributed by atoms with Gasteiger partial charge in [0.1, 0.15) is 16.5 Å². The number of nitrogens with one attached hydrogen (secondary N) is 2. The zero-order chi connectivity index (χ0) is 44.4. The summed E-state index contributed by atoms with van der Waals surface area (Å²) in [5.41, 5.74) is 9.53. The molecule has 16 nitrogen and oxygen atoms in total. The predicted octanol–water partition coefficient (Wildman–Crippen LogP) is 7.23. The Kier molecular flexibility index (Phi) is 21.0. The van der Waals surface area contributed by atoms with Crippen molar-refractivity contribution in [1.29, 1.82) is 0 Å². The van der Waals surface area contributed by atoms with Crippen LogP contribution in [0.15, 0.2) is 28.7 Å². The number of aromatic hydroxyl groups is 1. The average Bonchev–Trinajstić information content (AvgIpc) is 3.71. The van der Waals surface area contributed by atoms with Crippen molar-refractivity contribution >= 4 is 46.5 Å². The van der Waals surface area contributed by atoms with Gasteiger partial charge in [-0.05, 0) is 74.3 Å². The largest absolute Gasteiger partial charge is 0.506 e. The first kappa shape index (κ1) is 49.8. The smallest absolute Gasteiger partial charge is 0.303 e. The lowest BCUT2D eigenvalue weighted by Crippen LogP contribution is -2.48. The fraction of sp³-hybridized carbons (Fsp3) is 0.674. The van der Waals surface area contributed by atoms with Gasteiger partial charge in [0.2, 0.25) is 11.8 Å². The van der Waals surface area contributed by atoms with Crippen molar-refractivity contribution < 1.29 is 38.6 Å². The number of rotatable bonds is 25. The Balaban J connectivity index is 1.73. The summed E-state index contributed by atoms with van der Waals surface area (Å²) in [4.78, 5) is 77.6. The summed E-state index contributed by atoms with van der Waals surface area (Å²) in [7, 11) is 3.74. The number of likely N-dealkylation sites (tertiary alicyclic amines) is 1. The molecule has 3 amide bonds. The normalized spacial score (nSPS) is 16.8. The summed E-state index contributed by atoms with van der Waals surface area (Å²) in [6.45, 7) is 12.7. The van der Waals surface area contributed by atoms with Gasteiger partial charge in [-0.2, -0.15) is 0 Å². The second-order valence-corrected chi connectivity index (χ2v) is 17.1. The lowest BCUT2D eigenvalue weighted by Gasteiger charge is -2.37. The van der Waals surface area contributed by atoms with E-state index in [0.29, 0.717) is 17.8 Å². The Labute approximate surface area is 358 Å². The van der Waals surface area contributed by atoms with Crippen LogP contribution >= 0.6 is 11.3 Å². The number of phenols is 1. The first-order valence-electron chi connectivity index (χ1n) is 21.2. The van der Waals surface area contributed by atoms with E-state index in [1.807, 2.05) is 41.7 Å². The third-order valence-electron chi connectivity index (χ3n) is 11.3. The average molecular weight is 855 g/mol. The van der Waals surface area contributed by atoms with Gasteiger partial charge in [-0.15, -0.1) is 11.3 Å². The first-order chi connectivity index (χ1) is 28.6. The van der Waals surface area contributed by atoms with Crippen molar-refractivity contribution in [2.45, 2.75) is 130 Å². The summed E-state index contributed by atoms with van der Waals surface area (Å²) in [5, 5.41) is 21.7. The van der Waals surface area contributed by atoms with Crippen molar-refractivity contribution in [3.8, 4) is 5.75 Å². The molecule has 17 heteroatoms. The number of hydrogen-bond acceptors (Lipinski definition) is 12. The van der Waals surface area contributed by atoms with Gasteiger partial charge < -0.3 is 30.1 Å². The number of nitrogens with zero attached hydrogens (tertiary/aromatic N) is 6. The van der Waals surface area contributed by atoms with E-state index >= 15 is 0 Å². The van der Waals surface area contributed by atoms with E-state index < -0.39 is 23.9 Å². The molecule has 1 aromatic carbocycles. The van der Waals surface area contributed by atoms with E-state index in [-0.39, 0.29) is 104 Å². The van der Waals surface area contributed by atoms with E-state index in [1.165, 1.54) is 24.3 Å². The molecule has 0 unspecified atom stereocenters. The number of benzene rings is 1. The number of piperidine rings is 1. The number of anilines is 1. The molecule has 0 saturated carbocycles. The highest BCUT2D eigenvalue weighted by molar-refractivity contribution is 7.09. The molecule has 332 valence electrons. The number of amides is 3. The first-order valence-corrected chi connectivity index (χ1v) is 22.1. The van der Waals surface area contributed by atoms with Crippen LogP contribution in [0.4, 0.5) is 5.69 Å². The standard InChI is InChI=1S/C43H66N8O8S/c1-9-13-31(22-30-15-16-37(53)33(23-30)47-40(55)17-20-58-21-18-45-49-44)46-41(56)34-26-60-42(48-34)39(59-29(6)52)25-36(27(3)4)51(8)43(57)32(28(5)10-2)24-38(54)35-14-11-12-19-50(35)7/h15-16,23,26-28,31-32,35-36,39,53H,9-14,17-22,24-25H2,1-8H3,(H,46,56)(H,47,55)/t28-,31-,32-,35+,36+,39+/m0/s1. The maximum Gasteiger partial charge on any atom is 0.303 e. The molecule has 3 N–H and O–H groups in total. The van der Waals surface area contributed by atoms with Crippen LogP contribution in [0.25, 0.3) is 10.4 Å². The number of carbonyl (C=O) groups is 5. The van der Waals surface area contributed by atoms with Crippen molar-refractivity contribution in [3.05, 3.63) is 50.3 Å². The Morgan fingerprint density at radius 1 is 1.15 bits per heavy atom. The molecule has 0 bridgehead atoms. The molecule has 3 rings (SSSR count). The van der Waals surface area contributed by atoms with Crippen LogP contribution in [-0.2, 0) is 35.1 Å². The molecular weight excluding hydrogens is 789 g/mol. The van der Waals surface area contributed by atoms with E-state index in [9.17, 15) is 29.1 Å². The Bertz CT molecular complexity index is 1780. The fourth-order valence-electron chi connectivity index (χ4n) is 7.67. The molecule has 60 heavy (non-hydrogen) atoms. The minimum Gasteiger partial charge on any atom is -0.506 e. The third-order valence-corrected chi connectivity index (χ3v) is 12.2. The van der Waals surface area contributed by atoms with E-state index in [1.54, 1.807) is 29.5 Å². The number of ketones is 1. The number of phenolic OH excluding ortho intramolecular Hbond substituents is 1. The maximum atomic E-state index is 14.3. The molecule has 0 aliphatic carbocycles. The molecule has 1 aliphatic heterocycles. The van der Waals surface area contributed by atoms with Crippen molar-refractivity contribution in [1.82, 2.24) is 20.1 Å². The van der Waals surface area contributed by atoms with Crippen LogP contribution in [0.2, 0.25) is 0 Å². The number of aromatic nitrogens is 1. The number of likely N-dealkylation sites (N-methyl/N-ethyl adjacent to an activating group) is 1. The molecule has 6 atom stereocenters. The lowest BCUT2D eigenvalue weighted by molar-refractivity contribution is -0.149. The molecule has 1 aromatic heterocycles. The highest BCUT2D eigenvalue weighted by Crippen LogP contribution is 2.33. The van der Waals surface area contributed by atoms with E-state index in [2.05, 4.69) is 30.5 Å². The summed E-state index contributed by atoms with van der Waals surface area (Å²) in [5.74, 6) is -1.91. The molecule has 1 saturated heterocycles. The van der Waals surface area contributed by atoms with Crippen LogP contribution in [0.1, 0.15) is 126 Å². The van der Waals surface area contributed by atoms with Crippen molar-refractivity contribution in [3.63, 3.8) is 0 Å². The lowest BCUT2D eigenvalue weighted by atomic mass is 9.83. The van der Waals surface area contributed by atoms with Gasteiger partial charge >= 0.3 is 5.97 Å². The monoisotopic (exact) mass is 854 g/mol. The highest BCUT2D eigenvalue weighted by atomic mass is 32.1. The van der Waals surface area contributed by atoms with E-state index in [0.717, 1.165) is 44.2 Å². The highest BCUT2D eigenvalue weighted by Gasteiger charge is 2.37. The fourth-order valence-corrected chi connectivity index (χ4v) is 8.51. The Hall–Kier alpha value is -4.57. The second-order valence-electron chi connectivity index (χ2n) is 16.2. The molecule has 1 fully saturated rings. The molecule has 1 aliphatic rings. The number of thiazole rings is 1. The summed E-state index contributed by atoms with van der Waals surface area (Å²) < 4.78 is 11.1. The van der Waals surface area contributed by atoms with Gasteiger partial charge in [0.15, 0.2) is 11.9 Å². The predicted molar refractivity (Wildman–Crippen MR) is 232 cm³/mol. The van der Waals surface area contributed by atoms with Gasteiger partial charge in [0, 0.05) is 61.7 Å². The number of hydrogen-bond donors (Lipinski definition) is 3. The van der Waals surface area contributed by atoms with Crippen LogP contribution in [0.5, 0.6) is 5.75 Å². The van der Waals surface area contributed by atoms with Crippen LogP contribution in [-0.4, -0.2) is 108 Å². The Morgan fingerprint density at radius 2 is 1.90 bits per heavy atom. The third kappa shape index (κ3) is 15.5. The summed E-state index contributed by atoms with van der Waals surface area (Å²) in [6, 6.07) is 4.05. The number of esters is 1. The molecule has 2 aromatic rings. The molecule has 0 radical (unpaired) electrons. The number of azide groups is 1. The van der Waals surface area contributed by atoms with Gasteiger partial charge in [-0.25, -0.2) is 4.98 Å². The van der Waals surface area contributed by atoms with Crippen LogP contribution in [0, 0.1) is 17.8 Å². The molecule has 2 heterocycles. The number of Topliss-reactive ketones (excluding diaryl/α,β-unsaturated/α-hetero) is 1. The van der Waals surface area contributed by atoms with Gasteiger partial charge in [0.25, 0.3) is 5.91 Å². The minimum atomic E-state index is -0.822. The molecule has 0 spiro atoms. The van der Waals surface area contributed by atoms with Crippen LogP contribution in [0.3, 0.4) is 0 Å². The topological polar surface area (TPSA) is 216 Å². The maximum absolute atomic E-state index is 14.3. The summed E-state index contributed by atoms with van der Waals surface area (Å²) in [6.07, 6.45) is 5.10. The SMILES string of the molecule is CCC[C@@H](Cc1ccc(O)c(NC(=O)CCOCCN=[N+]=[N-])c1)NC(=O)c1csc([C@@H](C[C@H](C(C)C)N(C)C(=O)[C@@H](CC(=O)[C@H]2CCCCN2C)[C@@H](C)CC)OC(C)=O)n1. The van der Waals surface area contributed by atoms with Crippen LogP contribution < -0.4 is 10.6 Å². The summed E-state index contributed by atoms with van der Waals surface area (Å²) >= 11 is 1.21. The van der Waals surface area contributed by atoms with Crippen molar-refractivity contribution in [2.75, 3.05) is 45.7 Å². The quantitative estimate of drug-likeness (QED) is 0.0227. The van der Waals surface area contributed by atoms with Gasteiger partial charge in [-0.3, -0.25) is 28.9 Å². The van der Waals surface area contributed by atoms with Gasteiger partial charge in [-0.1, -0.05) is 65.1 Å². The van der Waals surface area contributed by atoms with E-state index in [4.69, 9.17) is 15.0 Å². The van der Waals surface area contributed by atoms with Gasteiger partial charge in [0.05, 0.1) is 31.4 Å². The number of carbonyl (C=O) groups excluding carboxylic acids is 5.